The van der Waals surface area contributed by atoms with Crippen LogP contribution in [0.4, 0.5) is 0 Å². The molecule has 0 aliphatic heterocycles. The number of halogens is 1. The van der Waals surface area contributed by atoms with Crippen molar-refractivity contribution in [3.63, 3.8) is 0 Å². The first-order valence-corrected chi connectivity index (χ1v) is 12.8. The molecule has 0 aliphatic carbocycles. The Bertz CT molecular complexity index is 1630. The number of ether oxygens (including phenoxy) is 3. The number of hydrogen-bond acceptors (Lipinski definition) is 6. The molecule has 0 spiro atoms. The van der Waals surface area contributed by atoms with Crippen molar-refractivity contribution < 1.29 is 14.2 Å². The lowest BCUT2D eigenvalue weighted by Crippen LogP contribution is -2.21. The van der Waals surface area contributed by atoms with E-state index in [9.17, 15) is 4.79 Å². The molecule has 1 aromatic heterocycles. The van der Waals surface area contributed by atoms with Gasteiger partial charge in [0.25, 0.3) is 5.56 Å². The summed E-state index contributed by atoms with van der Waals surface area (Å²) in [6.45, 7) is 6.19. The largest absolute Gasteiger partial charge is 0.496 e. The number of benzene rings is 3. The van der Waals surface area contributed by atoms with Crippen LogP contribution >= 0.6 is 15.9 Å². The predicted molar refractivity (Wildman–Crippen MR) is 155 cm³/mol. The fourth-order valence-electron chi connectivity index (χ4n) is 4.20. The molecule has 0 atom stereocenters. The molecule has 0 saturated heterocycles. The van der Waals surface area contributed by atoms with E-state index >= 15 is 0 Å². The number of methoxy groups -OCH3 is 2. The van der Waals surface area contributed by atoms with E-state index in [4.69, 9.17) is 25.6 Å². The van der Waals surface area contributed by atoms with Gasteiger partial charge in [-0.2, -0.15) is 9.78 Å². The van der Waals surface area contributed by atoms with Crippen LogP contribution in [0.1, 0.15) is 36.5 Å². The van der Waals surface area contributed by atoms with Gasteiger partial charge in [0.2, 0.25) is 0 Å². The Morgan fingerprint density at radius 2 is 1.87 bits per heavy atom. The zero-order valence-electron chi connectivity index (χ0n) is 21.9. The second-order valence-corrected chi connectivity index (χ2v) is 9.81. The Labute approximate surface area is 230 Å². The van der Waals surface area contributed by atoms with Crippen molar-refractivity contribution in [2.75, 3.05) is 20.8 Å². The fourth-order valence-corrected chi connectivity index (χ4v) is 4.65. The normalized spacial score (nSPS) is 11.2. The van der Waals surface area contributed by atoms with Crippen LogP contribution in [0.3, 0.4) is 0 Å². The van der Waals surface area contributed by atoms with Crippen molar-refractivity contribution in [3.8, 4) is 41.0 Å². The molecule has 38 heavy (non-hydrogen) atoms. The minimum Gasteiger partial charge on any atom is -0.496 e. The van der Waals surface area contributed by atoms with Crippen molar-refractivity contribution >= 4 is 33.0 Å². The summed E-state index contributed by atoms with van der Waals surface area (Å²) in [5.74, 6) is 4.76. The van der Waals surface area contributed by atoms with Crippen molar-refractivity contribution in [1.29, 1.82) is 0 Å². The number of rotatable bonds is 8. The maximum Gasteiger partial charge on any atom is 0.282 e. The second-order valence-electron chi connectivity index (χ2n) is 8.90. The molecule has 7 nitrogen and oxygen atoms in total. The smallest absolute Gasteiger partial charge is 0.282 e. The molecule has 0 radical (unpaired) electrons. The number of fused-ring (bicyclic) bond motifs is 1. The lowest BCUT2D eigenvalue weighted by molar-refractivity contribution is 0.330. The van der Waals surface area contributed by atoms with E-state index in [0.717, 1.165) is 26.9 Å². The molecule has 0 unspecified atom stereocenters. The quantitative estimate of drug-likeness (QED) is 0.186. The van der Waals surface area contributed by atoms with E-state index < -0.39 is 0 Å². The molecular formula is C30H28BrN3O4. The van der Waals surface area contributed by atoms with Crippen LogP contribution in [-0.2, 0) is 0 Å². The molecule has 0 N–H and O–H groups in total. The summed E-state index contributed by atoms with van der Waals surface area (Å²) in [6.07, 6.45) is 6.96. The van der Waals surface area contributed by atoms with Gasteiger partial charge >= 0.3 is 0 Å². The third kappa shape index (κ3) is 5.29. The van der Waals surface area contributed by atoms with E-state index in [-0.39, 0.29) is 18.1 Å². The summed E-state index contributed by atoms with van der Waals surface area (Å²) in [5, 5.41) is 5.08. The fraction of sp³-hybridized carbons (Fsp3) is 0.233. The Kier molecular flexibility index (Phi) is 8.18. The molecule has 4 rings (SSSR count). The van der Waals surface area contributed by atoms with E-state index in [2.05, 4.69) is 40.8 Å². The van der Waals surface area contributed by atoms with E-state index in [1.165, 1.54) is 4.68 Å². The number of terminal acetylenes is 1. The molecular weight excluding hydrogens is 546 g/mol. The first-order valence-electron chi connectivity index (χ1n) is 12.0. The lowest BCUT2D eigenvalue weighted by atomic mass is 9.96. The van der Waals surface area contributed by atoms with Gasteiger partial charge in [-0.3, -0.25) is 4.79 Å². The summed E-state index contributed by atoms with van der Waals surface area (Å²) in [5.41, 5.74) is 3.56. The second kappa shape index (κ2) is 11.5. The van der Waals surface area contributed by atoms with Gasteiger partial charge in [-0.05, 0) is 60.4 Å². The number of para-hydroxylation sites is 1. The van der Waals surface area contributed by atoms with Gasteiger partial charge in [0.15, 0.2) is 17.3 Å². The zero-order chi connectivity index (χ0) is 27.4. The third-order valence-corrected chi connectivity index (χ3v) is 6.53. The van der Waals surface area contributed by atoms with Gasteiger partial charge in [-0.15, -0.1) is 6.42 Å². The molecule has 0 saturated carbocycles. The van der Waals surface area contributed by atoms with Crippen LogP contribution in [0.2, 0.25) is 0 Å². The molecule has 0 aliphatic rings. The van der Waals surface area contributed by atoms with Crippen molar-refractivity contribution in [2.45, 2.75) is 26.7 Å². The highest BCUT2D eigenvalue weighted by Gasteiger charge is 2.19. The molecule has 0 amide bonds. The number of hydrogen-bond donors (Lipinski definition) is 0. The Hall–Kier alpha value is -4.09. The molecule has 4 aromatic rings. The molecule has 0 bridgehead atoms. The molecule has 0 fully saturated rings. The highest BCUT2D eigenvalue weighted by Crippen LogP contribution is 2.35. The Morgan fingerprint density at radius 1 is 1.13 bits per heavy atom. The number of aromatic nitrogens is 2. The average Bonchev–Trinajstić information content (AvgIpc) is 2.91. The van der Waals surface area contributed by atoms with Crippen LogP contribution in [0.5, 0.6) is 17.2 Å². The molecule has 8 heteroatoms. The average molecular weight is 574 g/mol. The summed E-state index contributed by atoms with van der Waals surface area (Å²) in [4.78, 5) is 18.6. The SMILES string of the molecule is C#CCOc1c(C=Nn2c(-c3cc(C(C)C)c(OC)cc3C)nc3ccccc3c2=O)cc(Br)cc1OC. The molecule has 194 valence electrons. The van der Waals surface area contributed by atoms with Crippen LogP contribution in [-0.4, -0.2) is 36.7 Å². The topological polar surface area (TPSA) is 74.9 Å². The number of aryl methyl sites for hydroxylation is 1. The minimum atomic E-state index is -0.295. The van der Waals surface area contributed by atoms with Gasteiger partial charge in [0.05, 0.1) is 31.3 Å². The lowest BCUT2D eigenvalue weighted by Gasteiger charge is -2.17. The summed E-state index contributed by atoms with van der Waals surface area (Å²) in [7, 11) is 3.20. The van der Waals surface area contributed by atoms with Crippen LogP contribution < -0.4 is 19.8 Å². The minimum absolute atomic E-state index is 0.0462. The monoisotopic (exact) mass is 573 g/mol. The van der Waals surface area contributed by atoms with E-state index in [1.807, 2.05) is 37.3 Å². The van der Waals surface area contributed by atoms with Gasteiger partial charge in [0.1, 0.15) is 12.4 Å². The van der Waals surface area contributed by atoms with Gasteiger partial charge < -0.3 is 14.2 Å². The van der Waals surface area contributed by atoms with Crippen LogP contribution in [0.15, 0.2) is 62.9 Å². The van der Waals surface area contributed by atoms with Gasteiger partial charge in [-0.25, -0.2) is 4.98 Å². The highest BCUT2D eigenvalue weighted by atomic mass is 79.9. The van der Waals surface area contributed by atoms with Crippen molar-refractivity contribution in [2.24, 2.45) is 5.10 Å². The van der Waals surface area contributed by atoms with Crippen molar-refractivity contribution in [1.82, 2.24) is 9.66 Å². The summed E-state index contributed by atoms with van der Waals surface area (Å²) in [6, 6.07) is 14.8. The maximum absolute atomic E-state index is 13.7. The summed E-state index contributed by atoms with van der Waals surface area (Å²) >= 11 is 3.49. The van der Waals surface area contributed by atoms with Crippen LogP contribution in [0, 0.1) is 19.3 Å². The number of nitrogens with zero attached hydrogens (tertiary/aromatic N) is 3. The highest BCUT2D eigenvalue weighted by molar-refractivity contribution is 9.10. The third-order valence-electron chi connectivity index (χ3n) is 6.07. The van der Waals surface area contributed by atoms with E-state index in [0.29, 0.717) is 33.8 Å². The maximum atomic E-state index is 13.7. The molecule has 1 heterocycles. The summed E-state index contributed by atoms with van der Waals surface area (Å²) < 4.78 is 18.9. The standard InChI is InChI=1S/C30H28BrN3O4/c1-7-12-38-28-20(14-21(31)15-27(28)37-6)17-32-34-29(33-25-11-9-8-10-22(25)30(34)35)24-16-23(18(2)3)26(36-5)13-19(24)4/h1,8-11,13-18H,12H2,2-6H3. The van der Waals surface area contributed by atoms with Crippen molar-refractivity contribution in [3.05, 3.63) is 80.0 Å². The Balaban J connectivity index is 1.99. The van der Waals surface area contributed by atoms with E-state index in [1.54, 1.807) is 38.6 Å². The zero-order valence-corrected chi connectivity index (χ0v) is 23.5. The predicted octanol–water partition coefficient (Wildman–Crippen LogP) is 6.17. The van der Waals surface area contributed by atoms with Gasteiger partial charge in [0, 0.05) is 15.6 Å². The molecule has 3 aromatic carbocycles. The first kappa shape index (κ1) is 27.0. The van der Waals surface area contributed by atoms with Gasteiger partial charge in [-0.1, -0.05) is 47.8 Å². The first-order chi connectivity index (χ1) is 18.3. The van der Waals surface area contributed by atoms with Crippen LogP contribution in [0.25, 0.3) is 22.3 Å². The Morgan fingerprint density at radius 3 is 2.55 bits per heavy atom.